The maximum atomic E-state index is 17.1. The molecule has 0 bridgehead atoms. The van der Waals surface area contributed by atoms with E-state index in [1.165, 1.54) is 13.0 Å². The van der Waals surface area contributed by atoms with Crippen LogP contribution >= 0.6 is 11.8 Å². The molecule has 0 aromatic heterocycles. The van der Waals surface area contributed by atoms with Crippen molar-refractivity contribution in [2.24, 2.45) is 28.6 Å². The average molecular weight is 499 g/mol. The number of halogens is 3. The Labute approximate surface area is 200 Å². The summed E-state index contributed by atoms with van der Waals surface area (Å²) in [5.74, 6) is -4.38. The highest BCUT2D eigenvalue weighted by atomic mass is 32.2. The predicted octanol–water partition coefficient (Wildman–Crippen LogP) is 4.64. The van der Waals surface area contributed by atoms with Crippen molar-refractivity contribution in [2.75, 3.05) is 6.01 Å². The van der Waals surface area contributed by atoms with Gasteiger partial charge in [-0.2, -0.15) is 0 Å². The molecule has 8 atom stereocenters. The molecule has 5 nitrogen and oxygen atoms in total. The molecule has 34 heavy (non-hydrogen) atoms. The SMILES string of the molecule is CCC(=O)OC1(C(=O)SCF)C(C)CC2C3CC(F)C4=CC(=O)C=CC4(C)C3(F)C(=O)CC21C. The van der Waals surface area contributed by atoms with Crippen LogP contribution in [0.4, 0.5) is 13.2 Å². The maximum Gasteiger partial charge on any atom is 0.306 e. The Morgan fingerprint density at radius 2 is 1.88 bits per heavy atom. The van der Waals surface area contributed by atoms with Crippen molar-refractivity contribution in [3.63, 3.8) is 0 Å². The molecule has 4 aliphatic carbocycles. The van der Waals surface area contributed by atoms with Crippen LogP contribution in [0.5, 0.6) is 0 Å². The lowest BCUT2D eigenvalue weighted by atomic mass is 9.45. The molecule has 0 heterocycles. The molecule has 0 spiro atoms. The van der Waals surface area contributed by atoms with E-state index in [1.807, 2.05) is 0 Å². The third-order valence-corrected chi connectivity index (χ3v) is 9.66. The number of carbonyl (C=O) groups excluding carboxylic acids is 4. The molecule has 0 amide bonds. The van der Waals surface area contributed by atoms with Crippen molar-refractivity contribution in [3.8, 4) is 0 Å². The highest BCUT2D eigenvalue weighted by molar-refractivity contribution is 8.13. The fraction of sp³-hybridized carbons (Fsp3) is 0.680. The molecule has 0 saturated heterocycles. The standard InChI is InChI=1S/C25H29F3O5S/c1-5-20(31)33-25(21(32)34-12-26)13(2)8-15-16-10-18(27)17-9-14(29)6-7-22(17,3)24(16,28)19(30)11-23(15,25)4/h6-7,9,13,15-16,18H,5,8,10-12H2,1-4H3. The van der Waals surface area contributed by atoms with Crippen molar-refractivity contribution in [1.29, 1.82) is 0 Å². The fourth-order valence-corrected chi connectivity index (χ4v) is 8.15. The molecule has 8 unspecified atom stereocenters. The minimum atomic E-state index is -2.50. The van der Waals surface area contributed by atoms with E-state index < -0.39 is 81.1 Å². The molecule has 4 aliphatic rings. The molecule has 0 aliphatic heterocycles. The van der Waals surface area contributed by atoms with E-state index >= 15 is 8.78 Å². The number of ketones is 2. The molecule has 4 rings (SSSR count). The van der Waals surface area contributed by atoms with Crippen molar-refractivity contribution in [1.82, 2.24) is 0 Å². The van der Waals surface area contributed by atoms with Crippen LogP contribution in [-0.2, 0) is 23.9 Å². The summed E-state index contributed by atoms with van der Waals surface area (Å²) in [6, 6.07) is -1.04. The third-order valence-electron chi connectivity index (χ3n) is 8.98. The number of Topliss-reactive ketones (excluding diaryl/α,β-unsaturated/α-hetero) is 1. The Hall–Kier alpha value is -1.90. The summed E-state index contributed by atoms with van der Waals surface area (Å²) in [6.07, 6.45) is 1.29. The van der Waals surface area contributed by atoms with Crippen molar-refractivity contribution < 1.29 is 37.1 Å². The van der Waals surface area contributed by atoms with Gasteiger partial charge in [-0.05, 0) is 55.2 Å². The molecule has 0 aromatic carbocycles. The summed E-state index contributed by atoms with van der Waals surface area (Å²) in [6.45, 7) is 6.28. The average Bonchev–Trinajstić information content (AvgIpc) is 2.99. The zero-order chi connectivity index (χ0) is 25.3. The van der Waals surface area contributed by atoms with Gasteiger partial charge in [0.1, 0.15) is 12.2 Å². The molecule has 0 aromatic rings. The number of fused-ring (bicyclic) bond motifs is 5. The highest BCUT2D eigenvalue weighted by Crippen LogP contribution is 2.71. The van der Waals surface area contributed by atoms with E-state index in [0.29, 0.717) is 11.8 Å². The van der Waals surface area contributed by atoms with Gasteiger partial charge in [0.25, 0.3) is 0 Å². The Kier molecular flexibility index (Phi) is 5.98. The Morgan fingerprint density at radius 1 is 1.21 bits per heavy atom. The molecule has 0 radical (unpaired) electrons. The first-order valence-corrected chi connectivity index (χ1v) is 12.6. The second-order valence-corrected chi connectivity index (χ2v) is 11.3. The van der Waals surface area contributed by atoms with Gasteiger partial charge >= 0.3 is 5.97 Å². The van der Waals surface area contributed by atoms with E-state index in [2.05, 4.69) is 0 Å². The van der Waals surface area contributed by atoms with Gasteiger partial charge in [-0.1, -0.05) is 26.8 Å². The van der Waals surface area contributed by atoms with Crippen LogP contribution in [0, 0.1) is 28.6 Å². The van der Waals surface area contributed by atoms with E-state index in [1.54, 1.807) is 20.8 Å². The molecular formula is C25H29F3O5S. The van der Waals surface area contributed by atoms with Gasteiger partial charge in [0.15, 0.2) is 22.8 Å². The van der Waals surface area contributed by atoms with Gasteiger partial charge < -0.3 is 4.74 Å². The highest BCUT2D eigenvalue weighted by Gasteiger charge is 2.78. The number of allylic oxidation sites excluding steroid dienone is 4. The topological polar surface area (TPSA) is 77.5 Å². The molecule has 3 saturated carbocycles. The van der Waals surface area contributed by atoms with Crippen molar-refractivity contribution in [3.05, 3.63) is 23.8 Å². The number of carbonyl (C=O) groups is 4. The third kappa shape index (κ3) is 2.94. The van der Waals surface area contributed by atoms with Crippen LogP contribution in [-0.4, -0.2) is 46.1 Å². The lowest BCUT2D eigenvalue weighted by molar-refractivity contribution is -0.200. The Morgan fingerprint density at radius 3 is 2.50 bits per heavy atom. The monoisotopic (exact) mass is 498 g/mol. The van der Waals surface area contributed by atoms with Crippen LogP contribution in [0.15, 0.2) is 23.8 Å². The van der Waals surface area contributed by atoms with E-state index in [9.17, 15) is 23.6 Å². The number of rotatable bonds is 4. The second kappa shape index (κ2) is 8.07. The minimum Gasteiger partial charge on any atom is -0.449 e. The van der Waals surface area contributed by atoms with Crippen LogP contribution in [0.3, 0.4) is 0 Å². The summed E-state index contributed by atoms with van der Waals surface area (Å²) in [7, 11) is 0. The predicted molar refractivity (Wildman–Crippen MR) is 120 cm³/mol. The van der Waals surface area contributed by atoms with Crippen LogP contribution in [0.2, 0.25) is 0 Å². The van der Waals surface area contributed by atoms with E-state index in [-0.39, 0.29) is 24.8 Å². The zero-order valence-electron chi connectivity index (χ0n) is 19.7. The first kappa shape index (κ1) is 25.2. The van der Waals surface area contributed by atoms with Crippen LogP contribution in [0.1, 0.15) is 53.4 Å². The second-order valence-electron chi connectivity index (χ2n) is 10.4. The van der Waals surface area contributed by atoms with Crippen molar-refractivity contribution in [2.45, 2.75) is 70.8 Å². The molecular weight excluding hydrogens is 469 g/mol. The molecule has 0 N–H and O–H groups in total. The van der Waals surface area contributed by atoms with Gasteiger partial charge in [0, 0.05) is 30.1 Å². The number of hydrogen-bond acceptors (Lipinski definition) is 6. The van der Waals surface area contributed by atoms with E-state index in [4.69, 9.17) is 4.74 Å². The van der Waals surface area contributed by atoms with Gasteiger partial charge in [-0.25, -0.2) is 13.2 Å². The zero-order valence-corrected chi connectivity index (χ0v) is 20.5. The van der Waals surface area contributed by atoms with Gasteiger partial charge in [-0.3, -0.25) is 19.2 Å². The number of thioether (sulfide) groups is 1. The minimum absolute atomic E-state index is 0.0369. The lowest BCUT2D eigenvalue weighted by Gasteiger charge is -2.60. The fourth-order valence-electron chi connectivity index (χ4n) is 7.36. The quantitative estimate of drug-likeness (QED) is 0.526. The summed E-state index contributed by atoms with van der Waals surface area (Å²) in [5.41, 5.74) is -7.36. The number of hydrogen-bond donors (Lipinski definition) is 0. The number of ether oxygens (including phenoxy) is 1. The summed E-state index contributed by atoms with van der Waals surface area (Å²) >= 11 is 0.366. The van der Waals surface area contributed by atoms with Gasteiger partial charge in [0.05, 0.1) is 5.41 Å². The van der Waals surface area contributed by atoms with Gasteiger partial charge in [0.2, 0.25) is 5.12 Å². The maximum absolute atomic E-state index is 17.1. The summed E-state index contributed by atoms with van der Waals surface area (Å²) < 4.78 is 51.6. The largest absolute Gasteiger partial charge is 0.449 e. The van der Waals surface area contributed by atoms with Gasteiger partial charge in [-0.15, -0.1) is 0 Å². The number of esters is 1. The molecule has 3 fully saturated rings. The summed E-state index contributed by atoms with van der Waals surface area (Å²) in [4.78, 5) is 51.4. The number of alkyl halides is 3. The molecule has 9 heteroatoms. The van der Waals surface area contributed by atoms with Crippen LogP contribution in [0.25, 0.3) is 0 Å². The van der Waals surface area contributed by atoms with Crippen LogP contribution < -0.4 is 0 Å². The normalized spacial score (nSPS) is 45.2. The lowest BCUT2D eigenvalue weighted by Crippen LogP contribution is -2.69. The smallest absolute Gasteiger partial charge is 0.306 e. The first-order chi connectivity index (χ1) is 15.8. The van der Waals surface area contributed by atoms with E-state index in [0.717, 1.165) is 12.2 Å². The molecule has 186 valence electrons. The van der Waals surface area contributed by atoms with Crippen molar-refractivity contribution >= 4 is 34.4 Å². The Balaban J connectivity index is 1.88. The Bertz CT molecular complexity index is 1030. The summed E-state index contributed by atoms with van der Waals surface area (Å²) in [5, 5.41) is -0.712. The first-order valence-electron chi connectivity index (χ1n) is 11.6.